The summed E-state index contributed by atoms with van der Waals surface area (Å²) in [4.78, 5) is 7.98. The van der Waals surface area contributed by atoms with Gasteiger partial charge in [-0.2, -0.15) is 0 Å². The summed E-state index contributed by atoms with van der Waals surface area (Å²) in [5, 5.41) is 0. The van der Waals surface area contributed by atoms with Gasteiger partial charge in [-0.3, -0.25) is 0 Å². The molecule has 0 saturated heterocycles. The number of H-pyrrole nitrogens is 1. The predicted octanol–water partition coefficient (Wildman–Crippen LogP) is 3.94. The van der Waals surface area contributed by atoms with E-state index in [2.05, 4.69) is 29.0 Å². The third-order valence-corrected chi connectivity index (χ3v) is 3.08. The summed E-state index contributed by atoms with van der Waals surface area (Å²) >= 11 is 0. The number of aromatic amines is 1. The third-order valence-electron chi connectivity index (χ3n) is 3.08. The largest absolute Gasteiger partial charge is 0.493 e. The third kappa shape index (κ3) is 2.19. The molecule has 0 aliphatic rings. The number of benzene rings is 2. The number of aromatic nitrogens is 2. The van der Waals surface area contributed by atoms with Crippen LogP contribution in [-0.4, -0.2) is 16.6 Å². The Hall–Kier alpha value is -2.29. The molecule has 0 spiro atoms. The van der Waals surface area contributed by atoms with Gasteiger partial charge < -0.3 is 9.72 Å². The molecule has 0 aliphatic heterocycles. The highest BCUT2D eigenvalue weighted by atomic mass is 16.5. The number of ether oxygens (including phenoxy) is 1. The van der Waals surface area contributed by atoms with Gasteiger partial charge in [0, 0.05) is 0 Å². The lowest BCUT2D eigenvalue weighted by molar-refractivity contribution is 0.341. The highest BCUT2D eigenvalue weighted by Crippen LogP contribution is 2.30. The second-order valence-corrected chi connectivity index (χ2v) is 4.54. The van der Waals surface area contributed by atoms with E-state index in [0.29, 0.717) is 6.61 Å². The standard InChI is InChI=1S/C16H16N2O/c1-3-19-15-9-8-11(2)10-12(15)16-17-13-6-4-5-7-14(13)18-16/h4-10H,3H2,1-2H3,(H,17,18). The predicted molar refractivity (Wildman–Crippen MR) is 77.4 cm³/mol. The van der Waals surface area contributed by atoms with Crippen LogP contribution in [-0.2, 0) is 0 Å². The minimum atomic E-state index is 0.649. The Morgan fingerprint density at radius 2 is 2.00 bits per heavy atom. The fraction of sp³-hybridized carbons (Fsp3) is 0.188. The molecular formula is C16H16N2O. The van der Waals surface area contributed by atoms with E-state index >= 15 is 0 Å². The van der Waals surface area contributed by atoms with Crippen LogP contribution in [0.1, 0.15) is 12.5 Å². The van der Waals surface area contributed by atoms with E-state index in [-0.39, 0.29) is 0 Å². The van der Waals surface area contributed by atoms with Gasteiger partial charge in [0.05, 0.1) is 23.2 Å². The van der Waals surface area contributed by atoms with E-state index in [1.807, 2.05) is 37.3 Å². The molecule has 2 aromatic carbocycles. The van der Waals surface area contributed by atoms with Crippen LogP contribution >= 0.6 is 0 Å². The lowest BCUT2D eigenvalue weighted by Gasteiger charge is -2.08. The van der Waals surface area contributed by atoms with E-state index in [9.17, 15) is 0 Å². The Balaban J connectivity index is 2.16. The van der Waals surface area contributed by atoms with Crippen LogP contribution in [0.2, 0.25) is 0 Å². The average Bonchev–Trinajstić information content (AvgIpc) is 2.84. The molecule has 0 bridgehead atoms. The summed E-state index contributed by atoms with van der Waals surface area (Å²) < 4.78 is 5.68. The number of aryl methyl sites for hydroxylation is 1. The first kappa shape index (κ1) is 11.8. The quantitative estimate of drug-likeness (QED) is 0.766. The van der Waals surface area contributed by atoms with Crippen molar-refractivity contribution in [3.8, 4) is 17.1 Å². The Kier molecular flexibility index (Phi) is 2.95. The zero-order valence-corrected chi connectivity index (χ0v) is 11.1. The summed E-state index contributed by atoms with van der Waals surface area (Å²) in [6.07, 6.45) is 0. The maximum Gasteiger partial charge on any atom is 0.142 e. The zero-order valence-electron chi connectivity index (χ0n) is 11.1. The molecule has 1 N–H and O–H groups in total. The number of para-hydroxylation sites is 2. The smallest absolute Gasteiger partial charge is 0.142 e. The van der Waals surface area contributed by atoms with Gasteiger partial charge in [0.25, 0.3) is 0 Å². The summed E-state index contributed by atoms with van der Waals surface area (Å²) in [5.74, 6) is 1.72. The van der Waals surface area contributed by atoms with Gasteiger partial charge in [0.1, 0.15) is 11.6 Å². The lowest BCUT2D eigenvalue weighted by Crippen LogP contribution is -1.95. The van der Waals surface area contributed by atoms with Gasteiger partial charge in [-0.1, -0.05) is 23.8 Å². The van der Waals surface area contributed by atoms with Crippen molar-refractivity contribution < 1.29 is 4.74 Å². The Morgan fingerprint density at radius 3 is 2.79 bits per heavy atom. The van der Waals surface area contributed by atoms with E-state index < -0.39 is 0 Å². The first-order valence-corrected chi connectivity index (χ1v) is 6.46. The fourth-order valence-electron chi connectivity index (χ4n) is 2.19. The summed E-state index contributed by atoms with van der Waals surface area (Å²) in [5.41, 5.74) is 4.22. The Labute approximate surface area is 112 Å². The molecule has 0 aliphatic carbocycles. The van der Waals surface area contributed by atoms with Crippen LogP contribution in [0.4, 0.5) is 0 Å². The molecule has 19 heavy (non-hydrogen) atoms. The van der Waals surface area contributed by atoms with Gasteiger partial charge in [-0.05, 0) is 38.1 Å². The molecule has 0 fully saturated rings. The van der Waals surface area contributed by atoms with Gasteiger partial charge in [0.15, 0.2) is 0 Å². The van der Waals surface area contributed by atoms with Crippen molar-refractivity contribution in [2.45, 2.75) is 13.8 Å². The molecule has 1 aromatic heterocycles. The van der Waals surface area contributed by atoms with Crippen LogP contribution in [0.15, 0.2) is 42.5 Å². The summed E-state index contributed by atoms with van der Waals surface area (Å²) in [6.45, 7) is 4.71. The molecule has 3 nitrogen and oxygen atoms in total. The molecule has 3 aromatic rings. The number of hydrogen-bond acceptors (Lipinski definition) is 2. The first-order valence-electron chi connectivity index (χ1n) is 6.46. The van der Waals surface area contributed by atoms with Crippen LogP contribution < -0.4 is 4.74 Å². The van der Waals surface area contributed by atoms with E-state index in [1.54, 1.807) is 0 Å². The van der Waals surface area contributed by atoms with Gasteiger partial charge in [-0.25, -0.2) is 4.98 Å². The number of hydrogen-bond donors (Lipinski definition) is 1. The number of nitrogens with zero attached hydrogens (tertiary/aromatic N) is 1. The first-order chi connectivity index (χ1) is 9.28. The highest BCUT2D eigenvalue weighted by molar-refractivity contribution is 5.80. The van der Waals surface area contributed by atoms with Crippen molar-refractivity contribution in [2.75, 3.05) is 6.61 Å². The average molecular weight is 252 g/mol. The van der Waals surface area contributed by atoms with Crippen molar-refractivity contribution in [1.29, 1.82) is 0 Å². The number of fused-ring (bicyclic) bond motifs is 1. The molecule has 96 valence electrons. The number of imidazole rings is 1. The second-order valence-electron chi connectivity index (χ2n) is 4.54. The lowest BCUT2D eigenvalue weighted by atomic mass is 10.1. The molecule has 0 amide bonds. The number of nitrogens with one attached hydrogen (secondary N) is 1. The molecule has 0 saturated carbocycles. The molecule has 3 rings (SSSR count). The van der Waals surface area contributed by atoms with Crippen molar-refractivity contribution in [3.05, 3.63) is 48.0 Å². The highest BCUT2D eigenvalue weighted by Gasteiger charge is 2.10. The van der Waals surface area contributed by atoms with Gasteiger partial charge in [0.2, 0.25) is 0 Å². The molecular weight excluding hydrogens is 236 g/mol. The SMILES string of the molecule is CCOc1ccc(C)cc1-c1nc2ccccc2[nH]1. The molecule has 1 heterocycles. The summed E-state index contributed by atoms with van der Waals surface area (Å²) in [6, 6.07) is 14.2. The Morgan fingerprint density at radius 1 is 1.16 bits per heavy atom. The topological polar surface area (TPSA) is 37.9 Å². The molecule has 0 unspecified atom stereocenters. The normalized spacial score (nSPS) is 10.8. The maximum absolute atomic E-state index is 5.68. The Bertz CT molecular complexity index is 683. The minimum absolute atomic E-state index is 0.649. The van der Waals surface area contributed by atoms with Crippen molar-refractivity contribution in [2.24, 2.45) is 0 Å². The monoisotopic (exact) mass is 252 g/mol. The maximum atomic E-state index is 5.68. The van der Waals surface area contributed by atoms with E-state index in [4.69, 9.17) is 4.74 Å². The molecule has 3 heteroatoms. The fourth-order valence-corrected chi connectivity index (χ4v) is 2.19. The van der Waals surface area contributed by atoms with E-state index in [0.717, 1.165) is 28.2 Å². The van der Waals surface area contributed by atoms with Crippen molar-refractivity contribution in [3.63, 3.8) is 0 Å². The molecule has 0 radical (unpaired) electrons. The van der Waals surface area contributed by atoms with Crippen molar-refractivity contribution >= 4 is 11.0 Å². The van der Waals surface area contributed by atoms with E-state index in [1.165, 1.54) is 5.56 Å². The van der Waals surface area contributed by atoms with Crippen LogP contribution in [0.5, 0.6) is 5.75 Å². The minimum Gasteiger partial charge on any atom is -0.493 e. The van der Waals surface area contributed by atoms with Crippen LogP contribution in [0.3, 0.4) is 0 Å². The molecule has 0 atom stereocenters. The van der Waals surface area contributed by atoms with Gasteiger partial charge >= 0.3 is 0 Å². The van der Waals surface area contributed by atoms with Gasteiger partial charge in [-0.15, -0.1) is 0 Å². The van der Waals surface area contributed by atoms with Crippen LogP contribution in [0.25, 0.3) is 22.4 Å². The van der Waals surface area contributed by atoms with Crippen molar-refractivity contribution in [1.82, 2.24) is 9.97 Å². The summed E-state index contributed by atoms with van der Waals surface area (Å²) in [7, 11) is 0. The van der Waals surface area contributed by atoms with Crippen LogP contribution in [0, 0.1) is 6.92 Å². The number of rotatable bonds is 3. The zero-order chi connectivity index (χ0) is 13.2. The second kappa shape index (κ2) is 4.76.